The molecule has 1 atom stereocenters. The molecule has 0 rings (SSSR count). The number of aliphatic hydroxyl groups excluding tert-OH is 1. The summed E-state index contributed by atoms with van der Waals surface area (Å²) in [6.45, 7) is 5.30. The molecule has 0 bridgehead atoms. The Morgan fingerprint density at radius 2 is 0.891 bits per heavy atom. The van der Waals surface area contributed by atoms with Crippen LogP contribution in [0.5, 0.6) is 0 Å². The zero-order valence-electron chi connectivity index (χ0n) is 31.1. The Bertz CT molecular complexity index is 644. The number of aliphatic hydroxyl groups is 1. The smallest absolute Gasteiger partial charge is 0.306 e. The molecule has 0 fully saturated rings. The third-order valence-corrected chi connectivity index (χ3v) is 8.98. The van der Waals surface area contributed by atoms with E-state index in [2.05, 4.69) is 38.2 Å². The van der Waals surface area contributed by atoms with Crippen molar-refractivity contribution in [3.63, 3.8) is 0 Å². The molecule has 4 nitrogen and oxygen atoms in total. The van der Waals surface area contributed by atoms with Crippen LogP contribution in [0.4, 0.5) is 0 Å². The molecule has 0 amide bonds. The molecule has 0 radical (unpaired) electrons. The maximum absolute atomic E-state index is 12.2. The summed E-state index contributed by atoms with van der Waals surface area (Å²) >= 11 is 0. The Morgan fingerprint density at radius 3 is 1.33 bits per heavy atom. The predicted octanol–water partition coefficient (Wildman–Crippen LogP) is 13.2. The monoisotopic (exact) mass is 649 g/mol. The molecule has 46 heavy (non-hydrogen) atoms. The van der Waals surface area contributed by atoms with E-state index in [1.54, 1.807) is 0 Å². The van der Waals surface area contributed by atoms with E-state index in [9.17, 15) is 9.90 Å². The van der Waals surface area contributed by atoms with Gasteiger partial charge < -0.3 is 14.6 Å². The number of hydrogen-bond acceptors (Lipinski definition) is 4. The molecule has 0 aromatic heterocycles. The van der Waals surface area contributed by atoms with Gasteiger partial charge in [-0.15, -0.1) is 0 Å². The second kappa shape index (κ2) is 40.0. The van der Waals surface area contributed by atoms with Gasteiger partial charge in [0.2, 0.25) is 0 Å². The van der Waals surface area contributed by atoms with Crippen molar-refractivity contribution in [1.29, 1.82) is 0 Å². The molecule has 4 heteroatoms. The zero-order chi connectivity index (χ0) is 33.4. The van der Waals surface area contributed by atoms with Crippen LogP contribution in [0.3, 0.4) is 0 Å². The first-order valence-corrected chi connectivity index (χ1v) is 20.4. The van der Waals surface area contributed by atoms with Crippen LogP contribution < -0.4 is 0 Å². The van der Waals surface area contributed by atoms with Crippen molar-refractivity contribution in [2.24, 2.45) is 0 Å². The van der Waals surface area contributed by atoms with Gasteiger partial charge >= 0.3 is 5.97 Å². The molecule has 0 saturated carbocycles. The van der Waals surface area contributed by atoms with Gasteiger partial charge in [0.15, 0.2) is 0 Å². The molecule has 0 spiro atoms. The number of esters is 1. The van der Waals surface area contributed by atoms with Gasteiger partial charge in [-0.05, 0) is 57.8 Å². The average Bonchev–Trinajstić information content (AvgIpc) is 3.06. The third-order valence-electron chi connectivity index (χ3n) is 8.98. The molecular weight excluding hydrogens is 568 g/mol. The minimum Gasteiger partial charge on any atom is -0.457 e. The van der Waals surface area contributed by atoms with E-state index < -0.39 is 6.10 Å². The van der Waals surface area contributed by atoms with E-state index in [-0.39, 0.29) is 12.6 Å². The van der Waals surface area contributed by atoms with Gasteiger partial charge in [-0.25, -0.2) is 0 Å². The van der Waals surface area contributed by atoms with Crippen LogP contribution in [0.2, 0.25) is 0 Å². The molecule has 1 N–H and O–H groups in total. The summed E-state index contributed by atoms with van der Waals surface area (Å²) in [5.74, 6) is -0.203. The quantitative estimate of drug-likeness (QED) is 0.0411. The number of carbonyl (C=O) groups is 1. The van der Waals surface area contributed by atoms with E-state index >= 15 is 0 Å². The summed E-state index contributed by atoms with van der Waals surface area (Å²) in [7, 11) is 0. The highest BCUT2D eigenvalue weighted by Gasteiger charge is 2.13. The lowest BCUT2D eigenvalue weighted by molar-refractivity contribution is -0.154. The Balaban J connectivity index is 3.38. The van der Waals surface area contributed by atoms with Gasteiger partial charge in [0.25, 0.3) is 0 Å². The lowest BCUT2D eigenvalue weighted by Gasteiger charge is -2.15. The molecule has 0 aliphatic heterocycles. The number of ether oxygens (including phenoxy) is 2. The molecule has 0 heterocycles. The number of hydrogen-bond donors (Lipinski definition) is 1. The molecule has 0 aliphatic carbocycles. The number of carbonyl (C=O) groups excluding carboxylic acids is 1. The topological polar surface area (TPSA) is 55.8 Å². The minimum atomic E-state index is -0.533. The maximum Gasteiger partial charge on any atom is 0.306 e. The fourth-order valence-electron chi connectivity index (χ4n) is 5.91. The van der Waals surface area contributed by atoms with E-state index in [0.717, 1.165) is 19.3 Å². The SMILES string of the molecule is CCC/C=C\CCCCCCCCOCC(CO)OC(=O)CCCCCCCCCCCCC/C=C\CCCCCCCCCC. The van der Waals surface area contributed by atoms with Crippen molar-refractivity contribution < 1.29 is 19.4 Å². The van der Waals surface area contributed by atoms with Crippen LogP contribution in [0.25, 0.3) is 0 Å². The summed E-state index contributed by atoms with van der Waals surface area (Å²) in [5.41, 5.74) is 0. The number of rotatable bonds is 38. The molecule has 0 aromatic rings. The Kier molecular flexibility index (Phi) is 39.1. The first-order valence-electron chi connectivity index (χ1n) is 20.4. The van der Waals surface area contributed by atoms with Crippen LogP contribution in [0.15, 0.2) is 24.3 Å². The standard InChI is InChI=1S/C42H80O4/c1-3-5-7-9-11-13-15-16-17-18-19-20-21-22-23-24-25-26-27-29-31-33-35-37-42(44)46-41(39-43)40-45-38-36-34-32-30-28-14-12-10-8-6-4-2/h8,10,18-19,41,43H,3-7,9,11-17,20-40H2,1-2H3/b10-8-,19-18-. The maximum atomic E-state index is 12.2. The largest absolute Gasteiger partial charge is 0.457 e. The molecule has 0 aromatic carbocycles. The van der Waals surface area contributed by atoms with E-state index in [1.807, 2.05) is 0 Å². The van der Waals surface area contributed by atoms with Gasteiger partial charge in [0, 0.05) is 13.0 Å². The second-order valence-electron chi connectivity index (χ2n) is 13.7. The Hall–Kier alpha value is -1.13. The van der Waals surface area contributed by atoms with E-state index in [1.165, 1.54) is 173 Å². The molecule has 0 saturated heterocycles. The van der Waals surface area contributed by atoms with Gasteiger partial charge in [-0.3, -0.25) is 4.79 Å². The first kappa shape index (κ1) is 44.9. The fraction of sp³-hybridized carbons (Fsp3) is 0.881. The minimum absolute atomic E-state index is 0.172. The highest BCUT2D eigenvalue weighted by atomic mass is 16.6. The fourth-order valence-corrected chi connectivity index (χ4v) is 5.91. The average molecular weight is 649 g/mol. The van der Waals surface area contributed by atoms with Crippen LogP contribution in [0.1, 0.15) is 213 Å². The lowest BCUT2D eigenvalue weighted by atomic mass is 10.0. The summed E-state index contributed by atoms with van der Waals surface area (Å²) < 4.78 is 11.1. The van der Waals surface area contributed by atoms with Crippen molar-refractivity contribution in [2.75, 3.05) is 19.8 Å². The number of allylic oxidation sites excluding steroid dienone is 4. The predicted molar refractivity (Wildman–Crippen MR) is 201 cm³/mol. The van der Waals surface area contributed by atoms with Gasteiger partial charge in [0.05, 0.1) is 13.2 Å². The van der Waals surface area contributed by atoms with Crippen molar-refractivity contribution >= 4 is 5.97 Å². The van der Waals surface area contributed by atoms with Gasteiger partial charge in [0.1, 0.15) is 6.10 Å². The van der Waals surface area contributed by atoms with Crippen LogP contribution >= 0.6 is 0 Å². The van der Waals surface area contributed by atoms with Crippen LogP contribution in [-0.2, 0) is 14.3 Å². The molecule has 1 unspecified atom stereocenters. The highest BCUT2D eigenvalue weighted by Crippen LogP contribution is 2.14. The molecular formula is C42H80O4. The molecule has 272 valence electrons. The van der Waals surface area contributed by atoms with Crippen molar-refractivity contribution in [1.82, 2.24) is 0 Å². The first-order chi connectivity index (χ1) is 22.7. The number of unbranched alkanes of at least 4 members (excludes halogenated alkanes) is 26. The van der Waals surface area contributed by atoms with Crippen LogP contribution in [0, 0.1) is 0 Å². The second-order valence-corrected chi connectivity index (χ2v) is 13.7. The normalized spacial score (nSPS) is 12.5. The highest BCUT2D eigenvalue weighted by molar-refractivity contribution is 5.69. The summed E-state index contributed by atoms with van der Waals surface area (Å²) in [6.07, 6.45) is 48.1. The Morgan fingerprint density at radius 1 is 0.500 bits per heavy atom. The zero-order valence-corrected chi connectivity index (χ0v) is 31.1. The van der Waals surface area contributed by atoms with E-state index in [4.69, 9.17) is 9.47 Å². The lowest BCUT2D eigenvalue weighted by Crippen LogP contribution is -2.27. The van der Waals surface area contributed by atoms with E-state index in [0.29, 0.717) is 19.6 Å². The van der Waals surface area contributed by atoms with Gasteiger partial charge in [-0.2, -0.15) is 0 Å². The van der Waals surface area contributed by atoms with Gasteiger partial charge in [-0.1, -0.05) is 173 Å². The summed E-state index contributed by atoms with van der Waals surface area (Å²) in [6, 6.07) is 0. The third kappa shape index (κ3) is 37.3. The van der Waals surface area contributed by atoms with Crippen molar-refractivity contribution in [2.45, 2.75) is 219 Å². The van der Waals surface area contributed by atoms with Crippen molar-refractivity contribution in [3.05, 3.63) is 24.3 Å². The van der Waals surface area contributed by atoms with Crippen molar-refractivity contribution in [3.8, 4) is 0 Å². The summed E-state index contributed by atoms with van der Waals surface area (Å²) in [5, 5.41) is 9.56. The molecule has 0 aliphatic rings. The summed E-state index contributed by atoms with van der Waals surface area (Å²) in [4.78, 5) is 12.2. The Labute approximate surface area is 288 Å². The van der Waals surface area contributed by atoms with Crippen LogP contribution in [-0.4, -0.2) is 37.0 Å².